The Morgan fingerprint density at radius 2 is 2.15 bits per heavy atom. The fraction of sp³-hybridized carbons (Fsp3) is 0.625. The van der Waals surface area contributed by atoms with Crippen molar-refractivity contribution in [2.75, 3.05) is 27.2 Å². The van der Waals surface area contributed by atoms with Crippen LogP contribution in [-0.2, 0) is 0 Å². The zero-order chi connectivity index (χ0) is 14.9. The fourth-order valence-corrected chi connectivity index (χ4v) is 3.07. The molecule has 4 heteroatoms. The average molecular weight is 280 g/mol. The predicted molar refractivity (Wildman–Crippen MR) is 79.6 cm³/mol. The highest BCUT2D eigenvalue weighted by molar-refractivity contribution is 5.42. The molecule has 2 N–H and O–H groups in total. The highest BCUT2D eigenvalue weighted by atomic mass is 19.1. The standard InChI is InChI=1S/C16H25FN2O/c1-10(2)12-6-13(16(20-4)14(17)7-12)15-5-11(8-18)9-19(15)3/h6-7,10-11,15H,5,8-9,18H2,1-4H3. The molecule has 1 aliphatic rings. The van der Waals surface area contributed by atoms with Crippen LogP contribution in [0.4, 0.5) is 4.39 Å². The van der Waals surface area contributed by atoms with Crippen LogP contribution in [0.5, 0.6) is 5.75 Å². The number of likely N-dealkylation sites (tertiary alicyclic amines) is 1. The lowest BCUT2D eigenvalue weighted by Gasteiger charge is -2.23. The second-order valence-corrected chi connectivity index (χ2v) is 6.07. The lowest BCUT2D eigenvalue weighted by atomic mass is 9.94. The van der Waals surface area contributed by atoms with E-state index < -0.39 is 0 Å². The van der Waals surface area contributed by atoms with Crippen LogP contribution in [-0.4, -0.2) is 32.1 Å². The molecule has 1 fully saturated rings. The lowest BCUT2D eigenvalue weighted by molar-refractivity contribution is 0.298. The number of nitrogens with two attached hydrogens (primary N) is 1. The zero-order valence-corrected chi connectivity index (χ0v) is 12.8. The maximum Gasteiger partial charge on any atom is 0.165 e. The molecule has 0 bridgehead atoms. The van der Waals surface area contributed by atoms with Crippen molar-refractivity contribution in [2.24, 2.45) is 11.7 Å². The Bertz CT molecular complexity index is 476. The van der Waals surface area contributed by atoms with Crippen LogP contribution in [0.15, 0.2) is 12.1 Å². The van der Waals surface area contributed by atoms with E-state index >= 15 is 0 Å². The molecule has 0 radical (unpaired) electrons. The molecule has 1 aromatic carbocycles. The van der Waals surface area contributed by atoms with Crippen LogP contribution < -0.4 is 10.5 Å². The third-order valence-electron chi connectivity index (χ3n) is 4.29. The van der Waals surface area contributed by atoms with Crippen molar-refractivity contribution in [3.8, 4) is 5.75 Å². The number of hydrogen-bond donors (Lipinski definition) is 1. The molecule has 0 aliphatic carbocycles. The molecule has 0 saturated carbocycles. The molecule has 1 heterocycles. The molecule has 3 nitrogen and oxygen atoms in total. The summed E-state index contributed by atoms with van der Waals surface area (Å²) in [5.74, 6) is 0.883. The minimum atomic E-state index is -0.265. The van der Waals surface area contributed by atoms with Gasteiger partial charge in [-0.3, -0.25) is 4.90 Å². The van der Waals surface area contributed by atoms with E-state index in [4.69, 9.17) is 10.5 Å². The van der Waals surface area contributed by atoms with E-state index in [9.17, 15) is 4.39 Å². The first-order valence-electron chi connectivity index (χ1n) is 7.25. The summed E-state index contributed by atoms with van der Waals surface area (Å²) < 4.78 is 19.6. The predicted octanol–water partition coefficient (Wildman–Crippen LogP) is 2.91. The molecule has 1 aliphatic heterocycles. The van der Waals surface area contributed by atoms with Gasteiger partial charge >= 0.3 is 0 Å². The summed E-state index contributed by atoms with van der Waals surface area (Å²) in [6, 6.07) is 3.86. The second kappa shape index (κ2) is 6.10. The first-order valence-corrected chi connectivity index (χ1v) is 7.25. The molecule has 0 amide bonds. The molecule has 2 rings (SSSR count). The van der Waals surface area contributed by atoms with Gasteiger partial charge in [-0.25, -0.2) is 4.39 Å². The Morgan fingerprint density at radius 1 is 1.45 bits per heavy atom. The van der Waals surface area contributed by atoms with Crippen molar-refractivity contribution in [1.82, 2.24) is 4.90 Å². The van der Waals surface area contributed by atoms with Crippen LogP contribution >= 0.6 is 0 Å². The Labute approximate surface area is 120 Å². The number of ether oxygens (including phenoxy) is 1. The van der Waals surface area contributed by atoms with Crippen LogP contribution in [0.3, 0.4) is 0 Å². The third kappa shape index (κ3) is 2.81. The van der Waals surface area contributed by atoms with Crippen LogP contribution in [0.25, 0.3) is 0 Å². The van der Waals surface area contributed by atoms with E-state index in [-0.39, 0.29) is 11.9 Å². The van der Waals surface area contributed by atoms with Gasteiger partial charge in [0.05, 0.1) is 7.11 Å². The van der Waals surface area contributed by atoms with E-state index in [1.54, 1.807) is 6.07 Å². The highest BCUT2D eigenvalue weighted by Crippen LogP contribution is 2.40. The molecule has 2 atom stereocenters. The minimum Gasteiger partial charge on any atom is -0.493 e. The van der Waals surface area contributed by atoms with Gasteiger partial charge in [-0.05, 0) is 43.5 Å². The average Bonchev–Trinajstić information content (AvgIpc) is 2.78. The fourth-order valence-electron chi connectivity index (χ4n) is 3.07. The summed E-state index contributed by atoms with van der Waals surface area (Å²) in [5, 5.41) is 0. The summed E-state index contributed by atoms with van der Waals surface area (Å²) in [5.41, 5.74) is 7.75. The van der Waals surface area contributed by atoms with E-state index in [0.717, 1.165) is 24.1 Å². The summed E-state index contributed by atoms with van der Waals surface area (Å²) in [6.07, 6.45) is 0.963. The van der Waals surface area contributed by atoms with Gasteiger partial charge in [-0.2, -0.15) is 0 Å². The molecule has 0 spiro atoms. The molecule has 1 aromatic rings. The first kappa shape index (κ1) is 15.3. The summed E-state index contributed by atoms with van der Waals surface area (Å²) in [7, 11) is 3.60. The van der Waals surface area contributed by atoms with E-state index in [1.165, 1.54) is 7.11 Å². The van der Waals surface area contributed by atoms with Gasteiger partial charge in [0.15, 0.2) is 11.6 Å². The van der Waals surface area contributed by atoms with Crippen molar-refractivity contribution in [1.29, 1.82) is 0 Å². The smallest absolute Gasteiger partial charge is 0.165 e. The second-order valence-electron chi connectivity index (χ2n) is 6.07. The molecule has 20 heavy (non-hydrogen) atoms. The Hall–Kier alpha value is -1.13. The van der Waals surface area contributed by atoms with E-state index in [0.29, 0.717) is 24.1 Å². The number of benzene rings is 1. The van der Waals surface area contributed by atoms with Crippen molar-refractivity contribution in [2.45, 2.75) is 32.2 Å². The maximum absolute atomic E-state index is 14.3. The molecule has 2 unspecified atom stereocenters. The quantitative estimate of drug-likeness (QED) is 0.921. The van der Waals surface area contributed by atoms with Gasteiger partial charge in [0.2, 0.25) is 0 Å². The van der Waals surface area contributed by atoms with Gasteiger partial charge in [-0.1, -0.05) is 19.9 Å². The summed E-state index contributed by atoms with van der Waals surface area (Å²) >= 11 is 0. The highest BCUT2D eigenvalue weighted by Gasteiger charge is 2.32. The SMILES string of the molecule is COc1c(F)cc(C(C)C)cc1C1CC(CN)CN1C. The van der Waals surface area contributed by atoms with Gasteiger partial charge in [0.25, 0.3) is 0 Å². The van der Waals surface area contributed by atoms with Gasteiger partial charge in [0, 0.05) is 18.2 Å². The summed E-state index contributed by atoms with van der Waals surface area (Å²) in [6.45, 7) is 5.78. The minimum absolute atomic E-state index is 0.187. The van der Waals surface area contributed by atoms with Crippen molar-refractivity contribution >= 4 is 0 Å². The first-order chi connectivity index (χ1) is 9.47. The zero-order valence-electron chi connectivity index (χ0n) is 12.8. The largest absolute Gasteiger partial charge is 0.493 e. The van der Waals surface area contributed by atoms with Crippen LogP contribution in [0.1, 0.15) is 43.4 Å². The number of halogens is 1. The number of methoxy groups -OCH3 is 1. The van der Waals surface area contributed by atoms with Gasteiger partial charge in [0.1, 0.15) is 0 Å². The topological polar surface area (TPSA) is 38.5 Å². The molecule has 1 saturated heterocycles. The molecular formula is C16H25FN2O. The Kier molecular flexibility index (Phi) is 4.66. The maximum atomic E-state index is 14.3. The normalized spacial score (nSPS) is 23.6. The monoisotopic (exact) mass is 280 g/mol. The third-order valence-corrected chi connectivity index (χ3v) is 4.29. The van der Waals surface area contributed by atoms with Crippen molar-refractivity contribution < 1.29 is 9.13 Å². The van der Waals surface area contributed by atoms with Crippen molar-refractivity contribution in [3.63, 3.8) is 0 Å². The van der Waals surface area contributed by atoms with Crippen LogP contribution in [0, 0.1) is 11.7 Å². The number of rotatable bonds is 4. The van der Waals surface area contributed by atoms with E-state index in [1.807, 2.05) is 0 Å². The Morgan fingerprint density at radius 3 is 2.65 bits per heavy atom. The lowest BCUT2D eigenvalue weighted by Crippen LogP contribution is -2.21. The van der Waals surface area contributed by atoms with E-state index in [2.05, 4.69) is 31.9 Å². The molecule has 112 valence electrons. The number of nitrogens with zero attached hydrogens (tertiary/aromatic N) is 1. The van der Waals surface area contributed by atoms with Gasteiger partial charge < -0.3 is 10.5 Å². The molecule has 0 aromatic heterocycles. The van der Waals surface area contributed by atoms with Crippen LogP contribution in [0.2, 0.25) is 0 Å². The Balaban J connectivity index is 2.43. The number of hydrogen-bond acceptors (Lipinski definition) is 3. The van der Waals surface area contributed by atoms with Crippen molar-refractivity contribution in [3.05, 3.63) is 29.1 Å². The summed E-state index contributed by atoms with van der Waals surface area (Å²) in [4.78, 5) is 2.25. The van der Waals surface area contributed by atoms with Gasteiger partial charge in [-0.15, -0.1) is 0 Å². The molecular weight excluding hydrogens is 255 g/mol.